The largest absolute Gasteiger partial charge is 0.503 e. The molecule has 0 saturated carbocycles. The van der Waals surface area contributed by atoms with Crippen LogP contribution in [0, 0.1) is 0 Å². The van der Waals surface area contributed by atoms with Crippen LogP contribution in [0.1, 0.15) is 15.9 Å². The summed E-state index contributed by atoms with van der Waals surface area (Å²) in [6, 6.07) is 6.99. The fourth-order valence-electron chi connectivity index (χ4n) is 2.52. The van der Waals surface area contributed by atoms with Gasteiger partial charge in [-0.1, -0.05) is 23.7 Å². The van der Waals surface area contributed by atoms with E-state index in [9.17, 15) is 19.5 Å². The molecule has 0 unspecified atom stereocenters. The number of carbonyl (C=O) groups excluding carboxylic acids is 1. The summed E-state index contributed by atoms with van der Waals surface area (Å²) in [4.78, 5) is 36.4. The number of carbonyl (C=O) groups is 1. The van der Waals surface area contributed by atoms with E-state index >= 15 is 0 Å². The average Bonchev–Trinajstić information content (AvgIpc) is 2.59. The Morgan fingerprint density at radius 1 is 1.28 bits per heavy atom. The number of hydrogen-bond donors (Lipinski definition) is 1. The SMILES string of the molecule is COC(=O)c1cn2ccn(Cc3cccc(Cl)c3)c(=O)c2c(O)c1=O. The van der Waals surface area contributed by atoms with Gasteiger partial charge in [0.25, 0.3) is 5.56 Å². The number of pyridine rings is 1. The number of aromatic hydroxyl groups is 1. The molecule has 1 N–H and O–H groups in total. The summed E-state index contributed by atoms with van der Waals surface area (Å²) in [6.07, 6.45) is 4.11. The van der Waals surface area contributed by atoms with E-state index in [4.69, 9.17) is 11.6 Å². The van der Waals surface area contributed by atoms with E-state index < -0.39 is 22.7 Å². The first-order valence-corrected chi connectivity index (χ1v) is 7.60. The highest BCUT2D eigenvalue weighted by molar-refractivity contribution is 6.30. The van der Waals surface area contributed by atoms with Crippen molar-refractivity contribution in [3.63, 3.8) is 0 Å². The number of esters is 1. The van der Waals surface area contributed by atoms with E-state index in [0.717, 1.165) is 18.9 Å². The van der Waals surface area contributed by atoms with E-state index in [1.807, 2.05) is 0 Å². The molecule has 0 aliphatic heterocycles. The molecule has 0 amide bonds. The molecule has 3 rings (SSSR count). The molecule has 8 heteroatoms. The number of nitrogens with zero attached hydrogens (tertiary/aromatic N) is 2. The molecule has 0 saturated heterocycles. The van der Waals surface area contributed by atoms with Gasteiger partial charge in [0.15, 0.2) is 11.3 Å². The smallest absolute Gasteiger partial charge is 0.343 e. The van der Waals surface area contributed by atoms with Crippen LogP contribution in [0.15, 0.2) is 52.4 Å². The Morgan fingerprint density at radius 3 is 2.72 bits per heavy atom. The zero-order chi connectivity index (χ0) is 18.1. The molecule has 25 heavy (non-hydrogen) atoms. The molecule has 0 aliphatic carbocycles. The number of rotatable bonds is 3. The topological polar surface area (TPSA) is 90.0 Å². The van der Waals surface area contributed by atoms with E-state index in [-0.39, 0.29) is 17.6 Å². The molecular formula is C17H13ClN2O5. The Hall–Kier alpha value is -3.06. The maximum absolute atomic E-state index is 12.6. The zero-order valence-electron chi connectivity index (χ0n) is 13.1. The van der Waals surface area contributed by atoms with Crippen molar-refractivity contribution >= 4 is 23.1 Å². The summed E-state index contributed by atoms with van der Waals surface area (Å²) in [5.41, 5.74) is -1.32. The van der Waals surface area contributed by atoms with Crippen LogP contribution >= 0.6 is 11.6 Å². The second kappa shape index (κ2) is 6.45. The summed E-state index contributed by atoms with van der Waals surface area (Å²) in [5, 5.41) is 10.7. The quantitative estimate of drug-likeness (QED) is 0.717. The molecule has 0 aliphatic rings. The van der Waals surface area contributed by atoms with Crippen molar-refractivity contribution in [1.29, 1.82) is 0 Å². The fraction of sp³-hybridized carbons (Fsp3) is 0.118. The van der Waals surface area contributed by atoms with Gasteiger partial charge in [0, 0.05) is 23.6 Å². The van der Waals surface area contributed by atoms with Crippen molar-refractivity contribution in [1.82, 2.24) is 8.97 Å². The van der Waals surface area contributed by atoms with Crippen LogP contribution in [0.5, 0.6) is 5.75 Å². The van der Waals surface area contributed by atoms with Crippen molar-refractivity contribution in [3.05, 3.63) is 79.6 Å². The van der Waals surface area contributed by atoms with Crippen molar-refractivity contribution in [2.45, 2.75) is 6.54 Å². The summed E-state index contributed by atoms with van der Waals surface area (Å²) in [7, 11) is 1.12. The molecule has 128 valence electrons. The molecule has 2 aromatic heterocycles. The molecule has 2 heterocycles. The molecule has 0 fully saturated rings. The first kappa shape index (κ1) is 16.8. The van der Waals surface area contributed by atoms with Crippen molar-refractivity contribution < 1.29 is 14.6 Å². The summed E-state index contributed by atoms with van der Waals surface area (Å²) in [6.45, 7) is 0.211. The number of ether oxygens (including phenoxy) is 1. The van der Waals surface area contributed by atoms with E-state index in [2.05, 4.69) is 4.74 Å². The van der Waals surface area contributed by atoms with Gasteiger partial charge in [-0.2, -0.15) is 0 Å². The standard InChI is InChI=1S/C17H13ClN2O5/c1-25-17(24)12-9-19-5-6-20(8-10-3-2-4-11(18)7-10)16(23)13(19)15(22)14(12)21/h2-7,9,22H,8H2,1H3. The van der Waals surface area contributed by atoms with Gasteiger partial charge in [0.1, 0.15) is 5.56 Å². The zero-order valence-corrected chi connectivity index (χ0v) is 13.9. The third-order valence-corrected chi connectivity index (χ3v) is 3.96. The molecule has 7 nitrogen and oxygen atoms in total. The highest BCUT2D eigenvalue weighted by Gasteiger charge is 2.19. The predicted octanol–water partition coefficient (Wildman–Crippen LogP) is 1.66. The van der Waals surface area contributed by atoms with Crippen LogP contribution in [0.2, 0.25) is 5.02 Å². The lowest BCUT2D eigenvalue weighted by Gasteiger charge is -2.10. The molecule has 0 radical (unpaired) electrons. The van der Waals surface area contributed by atoms with E-state index in [1.54, 1.807) is 24.3 Å². The Morgan fingerprint density at radius 2 is 2.04 bits per heavy atom. The Balaban J connectivity index is 2.18. The van der Waals surface area contributed by atoms with Crippen molar-refractivity contribution in [3.8, 4) is 5.75 Å². The highest BCUT2D eigenvalue weighted by Crippen LogP contribution is 2.14. The lowest BCUT2D eigenvalue weighted by molar-refractivity contribution is 0.0598. The monoisotopic (exact) mass is 360 g/mol. The predicted molar refractivity (Wildman–Crippen MR) is 91.5 cm³/mol. The van der Waals surface area contributed by atoms with Gasteiger partial charge < -0.3 is 18.8 Å². The molecule has 0 bridgehead atoms. The number of aromatic nitrogens is 2. The number of methoxy groups -OCH3 is 1. The minimum atomic E-state index is -0.954. The Labute approximate surface area is 146 Å². The van der Waals surface area contributed by atoms with Crippen LogP contribution in [0.3, 0.4) is 0 Å². The molecule has 0 atom stereocenters. The summed E-state index contributed by atoms with van der Waals surface area (Å²) < 4.78 is 7.06. The molecule has 0 spiro atoms. The van der Waals surface area contributed by atoms with Gasteiger partial charge in [-0.05, 0) is 17.7 Å². The van der Waals surface area contributed by atoms with Crippen LogP contribution in [-0.2, 0) is 11.3 Å². The summed E-state index contributed by atoms with van der Waals surface area (Å²) >= 11 is 5.94. The van der Waals surface area contributed by atoms with Gasteiger partial charge in [-0.15, -0.1) is 0 Å². The lowest BCUT2D eigenvalue weighted by atomic mass is 10.2. The maximum atomic E-state index is 12.6. The van der Waals surface area contributed by atoms with Gasteiger partial charge in [-0.25, -0.2) is 4.79 Å². The Kier molecular flexibility index (Phi) is 4.33. The molecule has 3 aromatic rings. The second-order valence-electron chi connectivity index (χ2n) is 5.33. The minimum Gasteiger partial charge on any atom is -0.503 e. The summed E-state index contributed by atoms with van der Waals surface area (Å²) in [5.74, 6) is -1.69. The highest BCUT2D eigenvalue weighted by atomic mass is 35.5. The van der Waals surface area contributed by atoms with Gasteiger partial charge >= 0.3 is 5.97 Å². The Bertz CT molecular complexity index is 1100. The first-order valence-electron chi connectivity index (χ1n) is 7.22. The second-order valence-corrected chi connectivity index (χ2v) is 5.77. The third kappa shape index (κ3) is 3.01. The number of hydrogen-bond acceptors (Lipinski definition) is 5. The molecule has 1 aromatic carbocycles. The van der Waals surface area contributed by atoms with Gasteiger partial charge in [-0.3, -0.25) is 9.59 Å². The number of benzene rings is 1. The van der Waals surface area contributed by atoms with E-state index in [1.165, 1.54) is 21.4 Å². The third-order valence-electron chi connectivity index (χ3n) is 3.73. The number of halogens is 1. The normalized spacial score (nSPS) is 10.8. The van der Waals surface area contributed by atoms with Crippen molar-refractivity contribution in [2.24, 2.45) is 0 Å². The van der Waals surface area contributed by atoms with Crippen molar-refractivity contribution in [2.75, 3.05) is 7.11 Å². The lowest BCUT2D eigenvalue weighted by Crippen LogP contribution is -2.26. The van der Waals surface area contributed by atoms with E-state index in [0.29, 0.717) is 5.02 Å². The maximum Gasteiger partial charge on any atom is 0.343 e. The number of fused-ring (bicyclic) bond motifs is 1. The van der Waals surface area contributed by atoms with Crippen LogP contribution in [-0.4, -0.2) is 27.2 Å². The van der Waals surface area contributed by atoms with Gasteiger partial charge in [0.2, 0.25) is 5.43 Å². The average molecular weight is 361 g/mol. The molecular weight excluding hydrogens is 348 g/mol. The fourth-order valence-corrected chi connectivity index (χ4v) is 2.73. The van der Waals surface area contributed by atoms with Gasteiger partial charge in [0.05, 0.1) is 13.7 Å². The van der Waals surface area contributed by atoms with Crippen LogP contribution in [0.4, 0.5) is 0 Å². The van der Waals surface area contributed by atoms with Crippen LogP contribution in [0.25, 0.3) is 5.52 Å². The first-order chi connectivity index (χ1) is 11.9. The minimum absolute atomic E-state index is 0.211. The van der Waals surface area contributed by atoms with Crippen LogP contribution < -0.4 is 11.0 Å².